The molecule has 0 fully saturated rings. The van der Waals surface area contributed by atoms with Gasteiger partial charge in [0.1, 0.15) is 29.5 Å². The van der Waals surface area contributed by atoms with Gasteiger partial charge in [0.15, 0.2) is 5.78 Å². The topological polar surface area (TPSA) is 77.8 Å². The second kappa shape index (κ2) is 4.45. The fraction of sp³-hybridized carbons (Fsp3) is 0.100. The van der Waals surface area contributed by atoms with Gasteiger partial charge in [-0.05, 0) is 12.2 Å². The lowest BCUT2D eigenvalue weighted by atomic mass is 10.1. The molecule has 0 saturated carbocycles. The third-order valence-corrected chi connectivity index (χ3v) is 1.69. The average molecular weight is 212 g/mol. The summed E-state index contributed by atoms with van der Waals surface area (Å²) in [6.07, 6.45) is 1.85. The van der Waals surface area contributed by atoms with E-state index in [9.17, 15) is 19.4 Å². The molecule has 0 aliphatic rings. The quantitative estimate of drug-likeness (QED) is 0.524. The first-order valence-electron chi connectivity index (χ1n) is 4.08. The lowest BCUT2D eigenvalue weighted by Crippen LogP contribution is -1.95. The SMILES string of the molecule is O=C(/C=C/CF)c1c(O)cc(O)cc1O. The van der Waals surface area contributed by atoms with Gasteiger partial charge < -0.3 is 15.3 Å². The number of phenolic OH excluding ortho intramolecular Hbond substituents is 3. The van der Waals surface area contributed by atoms with Crippen LogP contribution in [0.1, 0.15) is 10.4 Å². The number of hydrogen-bond donors (Lipinski definition) is 3. The molecule has 5 heteroatoms. The Hall–Kier alpha value is -2.04. The maximum Gasteiger partial charge on any atom is 0.193 e. The summed E-state index contributed by atoms with van der Waals surface area (Å²) in [7, 11) is 0. The van der Waals surface area contributed by atoms with E-state index in [2.05, 4.69) is 0 Å². The summed E-state index contributed by atoms with van der Waals surface area (Å²) >= 11 is 0. The molecule has 0 amide bonds. The third kappa shape index (κ3) is 2.46. The highest BCUT2D eigenvalue weighted by Crippen LogP contribution is 2.32. The van der Waals surface area contributed by atoms with Crippen molar-refractivity contribution in [3.8, 4) is 17.2 Å². The zero-order chi connectivity index (χ0) is 11.4. The van der Waals surface area contributed by atoms with Gasteiger partial charge in [-0.2, -0.15) is 0 Å². The molecule has 1 aromatic rings. The molecular weight excluding hydrogens is 203 g/mol. The molecule has 0 aromatic heterocycles. The molecule has 15 heavy (non-hydrogen) atoms. The highest BCUT2D eigenvalue weighted by atomic mass is 19.1. The van der Waals surface area contributed by atoms with Gasteiger partial charge in [-0.3, -0.25) is 4.79 Å². The van der Waals surface area contributed by atoms with Crippen LogP contribution in [0.4, 0.5) is 4.39 Å². The number of carbonyl (C=O) groups is 1. The van der Waals surface area contributed by atoms with Crippen molar-refractivity contribution in [1.82, 2.24) is 0 Å². The highest BCUT2D eigenvalue weighted by Gasteiger charge is 2.15. The molecule has 0 spiro atoms. The Bertz CT molecular complexity index is 389. The van der Waals surface area contributed by atoms with Crippen molar-refractivity contribution in [3.63, 3.8) is 0 Å². The molecule has 0 saturated heterocycles. The van der Waals surface area contributed by atoms with Crippen LogP contribution in [-0.4, -0.2) is 27.8 Å². The van der Waals surface area contributed by atoms with Crippen molar-refractivity contribution in [2.75, 3.05) is 6.67 Å². The van der Waals surface area contributed by atoms with Gasteiger partial charge >= 0.3 is 0 Å². The zero-order valence-electron chi connectivity index (χ0n) is 7.64. The second-order valence-corrected chi connectivity index (χ2v) is 2.78. The van der Waals surface area contributed by atoms with Crippen LogP contribution in [0, 0.1) is 0 Å². The van der Waals surface area contributed by atoms with Crippen LogP contribution in [0.5, 0.6) is 17.2 Å². The number of ketones is 1. The van der Waals surface area contributed by atoms with Crippen molar-refractivity contribution in [3.05, 3.63) is 29.8 Å². The Morgan fingerprint density at radius 2 is 1.80 bits per heavy atom. The van der Waals surface area contributed by atoms with Crippen molar-refractivity contribution < 1.29 is 24.5 Å². The molecule has 1 rings (SSSR count). The van der Waals surface area contributed by atoms with Crippen LogP contribution < -0.4 is 0 Å². The maximum absolute atomic E-state index is 11.7. The number of hydrogen-bond acceptors (Lipinski definition) is 4. The monoisotopic (exact) mass is 212 g/mol. The second-order valence-electron chi connectivity index (χ2n) is 2.78. The van der Waals surface area contributed by atoms with E-state index >= 15 is 0 Å². The lowest BCUT2D eigenvalue weighted by molar-refractivity contribution is 0.104. The number of benzene rings is 1. The molecular formula is C10H9FO4. The predicted octanol–water partition coefficient (Wildman–Crippen LogP) is 1.51. The molecule has 0 atom stereocenters. The molecule has 0 aliphatic heterocycles. The average Bonchev–Trinajstić information content (AvgIpc) is 2.12. The van der Waals surface area contributed by atoms with Crippen LogP contribution in [0.25, 0.3) is 0 Å². The largest absolute Gasteiger partial charge is 0.508 e. The lowest BCUT2D eigenvalue weighted by Gasteiger charge is -2.04. The van der Waals surface area contributed by atoms with Crippen LogP contribution >= 0.6 is 0 Å². The van der Waals surface area contributed by atoms with Crippen LogP contribution in [0.3, 0.4) is 0 Å². The van der Waals surface area contributed by atoms with Gasteiger partial charge in [0.25, 0.3) is 0 Å². The number of aromatic hydroxyl groups is 3. The smallest absolute Gasteiger partial charge is 0.193 e. The van der Waals surface area contributed by atoms with E-state index in [1.807, 2.05) is 0 Å². The summed E-state index contributed by atoms with van der Waals surface area (Å²) in [6.45, 7) is -0.814. The Labute approximate surface area is 84.9 Å². The van der Waals surface area contributed by atoms with E-state index in [1.165, 1.54) is 0 Å². The summed E-state index contributed by atoms with van der Waals surface area (Å²) in [4.78, 5) is 11.3. The van der Waals surface area contributed by atoms with Gasteiger partial charge in [-0.1, -0.05) is 0 Å². The first kappa shape index (κ1) is 11.0. The first-order chi connectivity index (χ1) is 7.06. The van der Waals surface area contributed by atoms with Crippen molar-refractivity contribution in [1.29, 1.82) is 0 Å². The van der Waals surface area contributed by atoms with E-state index in [0.29, 0.717) is 0 Å². The minimum atomic E-state index is -0.814. The van der Waals surface area contributed by atoms with E-state index in [-0.39, 0.29) is 11.3 Å². The Morgan fingerprint density at radius 1 is 1.27 bits per heavy atom. The molecule has 4 nitrogen and oxygen atoms in total. The summed E-state index contributed by atoms with van der Waals surface area (Å²) < 4.78 is 11.7. The van der Waals surface area contributed by atoms with Gasteiger partial charge in [-0.25, -0.2) is 4.39 Å². The molecule has 0 unspecified atom stereocenters. The normalized spacial score (nSPS) is 10.7. The molecule has 0 bridgehead atoms. The summed E-state index contributed by atoms with van der Waals surface area (Å²) in [6, 6.07) is 1.83. The van der Waals surface area contributed by atoms with Gasteiger partial charge in [0.05, 0.1) is 0 Å². The molecule has 3 N–H and O–H groups in total. The van der Waals surface area contributed by atoms with E-state index in [4.69, 9.17) is 5.11 Å². The third-order valence-electron chi connectivity index (χ3n) is 1.69. The molecule has 0 radical (unpaired) electrons. The van der Waals surface area contributed by atoms with Crippen molar-refractivity contribution in [2.24, 2.45) is 0 Å². The number of halogens is 1. The zero-order valence-corrected chi connectivity index (χ0v) is 7.64. The highest BCUT2D eigenvalue weighted by molar-refractivity contribution is 6.08. The van der Waals surface area contributed by atoms with Crippen molar-refractivity contribution >= 4 is 5.78 Å². The Balaban J connectivity index is 3.14. The fourth-order valence-corrected chi connectivity index (χ4v) is 1.08. The minimum absolute atomic E-state index is 0.363. The number of rotatable bonds is 3. The summed E-state index contributed by atoms with van der Waals surface area (Å²) in [5.74, 6) is -2.21. The minimum Gasteiger partial charge on any atom is -0.508 e. The van der Waals surface area contributed by atoms with E-state index in [1.54, 1.807) is 0 Å². The molecule has 0 heterocycles. The molecule has 0 aliphatic carbocycles. The number of carbonyl (C=O) groups excluding carboxylic acids is 1. The number of alkyl halides is 1. The number of phenols is 3. The fourth-order valence-electron chi connectivity index (χ4n) is 1.08. The van der Waals surface area contributed by atoms with Crippen molar-refractivity contribution in [2.45, 2.75) is 0 Å². The van der Waals surface area contributed by atoms with E-state index < -0.39 is 24.0 Å². The summed E-state index contributed by atoms with van der Waals surface area (Å²) in [5.41, 5.74) is -0.363. The van der Waals surface area contributed by atoms with Gasteiger partial charge in [0, 0.05) is 12.1 Å². The predicted molar refractivity (Wildman–Crippen MR) is 50.9 cm³/mol. The standard InChI is InChI=1S/C10H9FO4/c11-3-1-2-7(13)10-8(14)4-6(12)5-9(10)15/h1-2,4-5,12,14-15H,3H2/b2-1+. The maximum atomic E-state index is 11.7. The van der Waals surface area contributed by atoms with Gasteiger partial charge in [0.2, 0.25) is 0 Å². The van der Waals surface area contributed by atoms with Crippen LogP contribution in [-0.2, 0) is 0 Å². The Kier molecular flexibility index (Phi) is 3.28. The Morgan fingerprint density at radius 3 is 2.27 bits per heavy atom. The van der Waals surface area contributed by atoms with Crippen LogP contribution in [0.15, 0.2) is 24.3 Å². The summed E-state index contributed by atoms with van der Waals surface area (Å²) in [5, 5.41) is 27.5. The van der Waals surface area contributed by atoms with E-state index in [0.717, 1.165) is 24.3 Å². The molecule has 1 aromatic carbocycles. The van der Waals surface area contributed by atoms with Gasteiger partial charge in [-0.15, -0.1) is 0 Å². The van der Waals surface area contributed by atoms with Crippen LogP contribution in [0.2, 0.25) is 0 Å². The first-order valence-corrected chi connectivity index (χ1v) is 4.08. The molecule has 80 valence electrons. The number of allylic oxidation sites excluding steroid dienone is 2.